The minimum Gasteiger partial charge on any atom is -0.373 e. The van der Waals surface area contributed by atoms with E-state index in [4.69, 9.17) is 0 Å². The molecule has 1 heterocycles. The van der Waals surface area contributed by atoms with Crippen molar-refractivity contribution in [2.45, 2.75) is 17.8 Å². The van der Waals surface area contributed by atoms with Crippen LogP contribution in [0.2, 0.25) is 0 Å². The standard InChI is InChI=1S/C13H15N3S/c1-10-8-15-13(16-12(10)14-2)17-9-11-6-4-3-5-7-11/h3-8H,9H2,1-2H3,(H,14,15,16). The predicted molar refractivity (Wildman–Crippen MR) is 72.3 cm³/mol. The van der Waals surface area contributed by atoms with Gasteiger partial charge in [0.15, 0.2) is 5.16 Å². The van der Waals surface area contributed by atoms with Crippen molar-refractivity contribution in [3.05, 3.63) is 47.7 Å². The number of hydrogen-bond donors (Lipinski definition) is 1. The average molecular weight is 245 g/mol. The van der Waals surface area contributed by atoms with Crippen molar-refractivity contribution in [1.29, 1.82) is 0 Å². The number of thioether (sulfide) groups is 1. The van der Waals surface area contributed by atoms with Gasteiger partial charge in [-0.3, -0.25) is 0 Å². The molecule has 1 aromatic carbocycles. The molecular weight excluding hydrogens is 230 g/mol. The maximum Gasteiger partial charge on any atom is 0.189 e. The quantitative estimate of drug-likeness (QED) is 0.663. The van der Waals surface area contributed by atoms with Crippen LogP contribution in [-0.4, -0.2) is 17.0 Å². The van der Waals surface area contributed by atoms with Gasteiger partial charge in [0.1, 0.15) is 5.82 Å². The van der Waals surface area contributed by atoms with E-state index in [1.807, 2.05) is 38.4 Å². The van der Waals surface area contributed by atoms with Gasteiger partial charge in [0.25, 0.3) is 0 Å². The molecule has 0 aliphatic heterocycles. The highest BCUT2D eigenvalue weighted by atomic mass is 32.2. The topological polar surface area (TPSA) is 37.8 Å². The summed E-state index contributed by atoms with van der Waals surface area (Å²) in [7, 11) is 1.88. The first-order valence-electron chi connectivity index (χ1n) is 5.47. The van der Waals surface area contributed by atoms with Crippen LogP contribution in [-0.2, 0) is 5.75 Å². The second-order valence-electron chi connectivity index (χ2n) is 3.71. The first-order chi connectivity index (χ1) is 8.29. The molecule has 0 saturated heterocycles. The molecule has 17 heavy (non-hydrogen) atoms. The fourth-order valence-corrected chi connectivity index (χ4v) is 2.24. The number of benzene rings is 1. The number of hydrogen-bond acceptors (Lipinski definition) is 4. The minimum atomic E-state index is 0.809. The maximum absolute atomic E-state index is 4.45. The Hall–Kier alpha value is -1.55. The van der Waals surface area contributed by atoms with Crippen molar-refractivity contribution in [1.82, 2.24) is 9.97 Å². The normalized spacial score (nSPS) is 10.2. The molecule has 0 bridgehead atoms. The molecule has 0 aliphatic rings. The van der Waals surface area contributed by atoms with Crippen molar-refractivity contribution in [2.75, 3.05) is 12.4 Å². The van der Waals surface area contributed by atoms with Crippen molar-refractivity contribution < 1.29 is 0 Å². The Morgan fingerprint density at radius 1 is 1.24 bits per heavy atom. The molecule has 0 radical (unpaired) electrons. The SMILES string of the molecule is CNc1nc(SCc2ccccc2)ncc1C. The van der Waals surface area contributed by atoms with E-state index >= 15 is 0 Å². The molecular formula is C13H15N3S. The van der Waals surface area contributed by atoms with Crippen LogP contribution in [0.25, 0.3) is 0 Å². The van der Waals surface area contributed by atoms with Gasteiger partial charge in [-0.2, -0.15) is 0 Å². The fraction of sp³-hybridized carbons (Fsp3) is 0.231. The minimum absolute atomic E-state index is 0.809. The first-order valence-corrected chi connectivity index (χ1v) is 6.46. The van der Waals surface area contributed by atoms with Gasteiger partial charge in [0, 0.05) is 24.6 Å². The van der Waals surface area contributed by atoms with Gasteiger partial charge < -0.3 is 5.32 Å². The molecule has 2 aromatic rings. The van der Waals surface area contributed by atoms with Crippen LogP contribution in [0, 0.1) is 6.92 Å². The molecule has 1 N–H and O–H groups in total. The van der Waals surface area contributed by atoms with Crippen LogP contribution in [0.4, 0.5) is 5.82 Å². The Balaban J connectivity index is 2.04. The summed E-state index contributed by atoms with van der Waals surface area (Å²) < 4.78 is 0. The lowest BCUT2D eigenvalue weighted by Gasteiger charge is -2.05. The monoisotopic (exact) mass is 245 g/mol. The Morgan fingerprint density at radius 3 is 2.71 bits per heavy atom. The van der Waals surface area contributed by atoms with Crippen molar-refractivity contribution in [3.8, 4) is 0 Å². The van der Waals surface area contributed by atoms with Crippen molar-refractivity contribution in [3.63, 3.8) is 0 Å². The second kappa shape index (κ2) is 5.68. The summed E-state index contributed by atoms with van der Waals surface area (Å²) in [4.78, 5) is 8.76. The van der Waals surface area contributed by atoms with Crippen LogP contribution in [0.5, 0.6) is 0 Å². The molecule has 3 nitrogen and oxygen atoms in total. The van der Waals surface area contributed by atoms with E-state index in [1.165, 1.54) is 5.56 Å². The largest absolute Gasteiger partial charge is 0.373 e. The molecule has 88 valence electrons. The highest BCUT2D eigenvalue weighted by Gasteiger charge is 2.03. The van der Waals surface area contributed by atoms with E-state index in [9.17, 15) is 0 Å². The number of aryl methyl sites for hydroxylation is 1. The first kappa shape index (κ1) is 11.9. The van der Waals surface area contributed by atoms with E-state index in [1.54, 1.807) is 11.8 Å². The molecule has 0 unspecified atom stereocenters. The van der Waals surface area contributed by atoms with Gasteiger partial charge in [0.05, 0.1) is 0 Å². The van der Waals surface area contributed by atoms with Crippen LogP contribution < -0.4 is 5.32 Å². The predicted octanol–water partition coefficient (Wildman–Crippen LogP) is 3.12. The second-order valence-corrected chi connectivity index (χ2v) is 4.65. The molecule has 0 atom stereocenters. The summed E-state index contributed by atoms with van der Waals surface area (Å²) in [6.07, 6.45) is 1.85. The summed E-state index contributed by atoms with van der Waals surface area (Å²) in [5, 5.41) is 3.88. The van der Waals surface area contributed by atoms with Gasteiger partial charge in [-0.25, -0.2) is 9.97 Å². The van der Waals surface area contributed by atoms with Gasteiger partial charge >= 0.3 is 0 Å². The fourth-order valence-electron chi connectivity index (χ4n) is 1.47. The average Bonchev–Trinajstić information content (AvgIpc) is 2.39. The zero-order valence-corrected chi connectivity index (χ0v) is 10.8. The number of aromatic nitrogens is 2. The molecule has 1 aromatic heterocycles. The van der Waals surface area contributed by atoms with Crippen molar-refractivity contribution in [2.24, 2.45) is 0 Å². The number of anilines is 1. The number of nitrogens with one attached hydrogen (secondary N) is 1. The molecule has 0 amide bonds. The van der Waals surface area contributed by atoms with Gasteiger partial charge in [-0.1, -0.05) is 42.1 Å². The Kier molecular flexibility index (Phi) is 3.98. The summed E-state index contributed by atoms with van der Waals surface area (Å²) in [5.41, 5.74) is 2.35. The summed E-state index contributed by atoms with van der Waals surface area (Å²) in [5.74, 6) is 1.79. The maximum atomic E-state index is 4.45. The molecule has 2 rings (SSSR count). The zero-order valence-electron chi connectivity index (χ0n) is 9.97. The van der Waals surface area contributed by atoms with Crippen LogP contribution >= 0.6 is 11.8 Å². The highest BCUT2D eigenvalue weighted by Crippen LogP contribution is 2.21. The van der Waals surface area contributed by atoms with E-state index in [0.717, 1.165) is 22.3 Å². The van der Waals surface area contributed by atoms with Gasteiger partial charge in [-0.05, 0) is 12.5 Å². The molecule has 0 fully saturated rings. The third-order valence-electron chi connectivity index (χ3n) is 2.40. The third-order valence-corrected chi connectivity index (χ3v) is 3.33. The molecule has 0 saturated carbocycles. The number of nitrogens with zero attached hydrogens (tertiary/aromatic N) is 2. The van der Waals surface area contributed by atoms with Crippen LogP contribution in [0.15, 0.2) is 41.7 Å². The summed E-state index contributed by atoms with van der Waals surface area (Å²) in [6.45, 7) is 2.00. The van der Waals surface area contributed by atoms with E-state index < -0.39 is 0 Å². The van der Waals surface area contributed by atoms with Crippen molar-refractivity contribution >= 4 is 17.6 Å². The Bertz CT molecular complexity index is 485. The third kappa shape index (κ3) is 3.20. The smallest absolute Gasteiger partial charge is 0.189 e. The summed E-state index contributed by atoms with van der Waals surface area (Å²) >= 11 is 1.65. The highest BCUT2D eigenvalue weighted by molar-refractivity contribution is 7.98. The number of rotatable bonds is 4. The molecule has 0 spiro atoms. The Labute approximate surface area is 106 Å². The van der Waals surface area contributed by atoms with Crippen LogP contribution in [0.3, 0.4) is 0 Å². The van der Waals surface area contributed by atoms with Gasteiger partial charge in [-0.15, -0.1) is 0 Å². The van der Waals surface area contributed by atoms with Gasteiger partial charge in [0.2, 0.25) is 0 Å². The summed E-state index contributed by atoms with van der Waals surface area (Å²) in [6, 6.07) is 10.3. The molecule has 0 aliphatic carbocycles. The van der Waals surface area contributed by atoms with E-state index in [2.05, 4.69) is 27.4 Å². The van der Waals surface area contributed by atoms with E-state index in [-0.39, 0.29) is 0 Å². The lowest BCUT2D eigenvalue weighted by molar-refractivity contribution is 0.952. The zero-order chi connectivity index (χ0) is 12.1. The van der Waals surface area contributed by atoms with Crippen LogP contribution in [0.1, 0.15) is 11.1 Å². The molecule has 4 heteroatoms. The lowest BCUT2D eigenvalue weighted by Crippen LogP contribution is -1.98. The lowest BCUT2D eigenvalue weighted by atomic mass is 10.2. The Morgan fingerprint density at radius 2 is 2.00 bits per heavy atom. The van der Waals surface area contributed by atoms with E-state index in [0.29, 0.717) is 0 Å².